The number of rotatable bonds is 3. The summed E-state index contributed by atoms with van der Waals surface area (Å²) in [6, 6.07) is 7.38. The van der Waals surface area contributed by atoms with Crippen LogP contribution in [0.2, 0.25) is 0 Å². The number of aryl methyl sites for hydroxylation is 2. The zero-order chi connectivity index (χ0) is 22.7. The van der Waals surface area contributed by atoms with Crippen molar-refractivity contribution in [1.29, 1.82) is 0 Å². The van der Waals surface area contributed by atoms with Crippen LogP contribution < -0.4 is 15.4 Å². The van der Waals surface area contributed by atoms with Crippen molar-refractivity contribution in [1.82, 2.24) is 4.98 Å². The molecule has 32 heavy (non-hydrogen) atoms. The van der Waals surface area contributed by atoms with Gasteiger partial charge >= 0.3 is 0 Å². The number of hydrogen-bond acceptors (Lipinski definition) is 6. The number of amides is 2. The van der Waals surface area contributed by atoms with E-state index in [1.165, 1.54) is 11.3 Å². The largest absolute Gasteiger partial charge is 0.506 e. The number of halogens is 2. The van der Waals surface area contributed by atoms with Crippen LogP contribution in [-0.2, 0) is 29.0 Å². The number of carbonyl (C=O) groups excluding carboxylic acids is 2. The summed E-state index contributed by atoms with van der Waals surface area (Å²) in [6.45, 7) is 0.405. The summed E-state index contributed by atoms with van der Waals surface area (Å²) in [7, 11) is 0. The highest BCUT2D eigenvalue weighted by molar-refractivity contribution is 9.10. The van der Waals surface area contributed by atoms with Crippen LogP contribution >= 0.6 is 43.2 Å². The van der Waals surface area contributed by atoms with Gasteiger partial charge in [-0.25, -0.2) is 4.98 Å². The van der Waals surface area contributed by atoms with Gasteiger partial charge in [0.25, 0.3) is 0 Å². The Morgan fingerprint density at radius 3 is 2.22 bits per heavy atom. The molecule has 2 aliphatic heterocycles. The highest BCUT2D eigenvalue weighted by atomic mass is 79.9. The van der Waals surface area contributed by atoms with E-state index in [0.29, 0.717) is 37.3 Å². The maximum Gasteiger partial charge on any atom is 0.224 e. The number of ether oxygens (including phenoxy) is 1. The topological polar surface area (TPSA) is 101 Å². The van der Waals surface area contributed by atoms with Crippen molar-refractivity contribution in [3.05, 3.63) is 60.9 Å². The molecule has 0 aliphatic carbocycles. The van der Waals surface area contributed by atoms with Gasteiger partial charge in [-0.15, -0.1) is 11.3 Å². The van der Waals surface area contributed by atoms with Crippen molar-refractivity contribution in [2.45, 2.75) is 32.3 Å². The second-order valence-electron chi connectivity index (χ2n) is 7.26. The van der Waals surface area contributed by atoms with E-state index in [0.717, 1.165) is 37.9 Å². The number of carbonyl (C=O) groups is 2. The van der Waals surface area contributed by atoms with Crippen molar-refractivity contribution in [2.24, 2.45) is 0 Å². The Kier molecular flexibility index (Phi) is 7.12. The molecular weight excluding hydrogens is 562 g/mol. The minimum Gasteiger partial charge on any atom is -0.506 e. The number of nitrogens with one attached hydrogen (secondary N) is 2. The van der Waals surface area contributed by atoms with Gasteiger partial charge in [-0.05, 0) is 48.2 Å². The van der Waals surface area contributed by atoms with Crippen LogP contribution in [0, 0.1) is 0 Å². The third kappa shape index (κ3) is 5.48. The fraction of sp³-hybridized carbons (Fsp3) is 0.227. The number of thiazole rings is 1. The maximum atomic E-state index is 11.5. The molecule has 166 valence electrons. The van der Waals surface area contributed by atoms with Crippen LogP contribution in [0.25, 0.3) is 0 Å². The summed E-state index contributed by atoms with van der Waals surface area (Å²) in [5.41, 5.74) is 6.08. The van der Waals surface area contributed by atoms with Gasteiger partial charge in [-0.2, -0.15) is 0 Å². The van der Waals surface area contributed by atoms with Crippen LogP contribution in [-0.4, -0.2) is 21.9 Å². The lowest BCUT2D eigenvalue weighted by Crippen LogP contribution is -2.19. The average molecular weight is 581 g/mol. The molecule has 0 unspecified atom stereocenters. The number of nitrogens with zero attached hydrogens (tertiary/aromatic N) is 1. The van der Waals surface area contributed by atoms with Crippen LogP contribution in [0.15, 0.2) is 44.1 Å². The monoisotopic (exact) mass is 579 g/mol. The van der Waals surface area contributed by atoms with Crippen LogP contribution in [0.1, 0.15) is 29.7 Å². The molecular formula is C22H19Br2N3O4S. The molecule has 2 amide bonds. The molecule has 3 aromatic rings. The molecule has 2 aliphatic rings. The lowest BCUT2D eigenvalue weighted by Gasteiger charge is -2.20. The molecule has 0 saturated carbocycles. The molecule has 0 atom stereocenters. The fourth-order valence-corrected chi connectivity index (χ4v) is 4.96. The van der Waals surface area contributed by atoms with Gasteiger partial charge in [0.15, 0.2) is 0 Å². The number of aromatic hydroxyl groups is 1. The summed E-state index contributed by atoms with van der Waals surface area (Å²) in [5.74, 6) is 0.807. The molecule has 7 nitrogen and oxygen atoms in total. The minimum absolute atomic E-state index is 0.0355. The van der Waals surface area contributed by atoms with E-state index in [-0.39, 0.29) is 17.6 Å². The summed E-state index contributed by atoms with van der Waals surface area (Å²) in [4.78, 5) is 26.7. The zero-order valence-electron chi connectivity index (χ0n) is 16.8. The van der Waals surface area contributed by atoms with Gasteiger partial charge in [0, 0.05) is 27.2 Å². The summed E-state index contributed by atoms with van der Waals surface area (Å²) in [6.07, 6.45) is 2.44. The molecule has 3 heterocycles. The van der Waals surface area contributed by atoms with Crippen LogP contribution in [0.4, 0.5) is 11.4 Å². The van der Waals surface area contributed by atoms with Crippen molar-refractivity contribution < 1.29 is 19.4 Å². The lowest BCUT2D eigenvalue weighted by molar-refractivity contribution is -0.117. The number of anilines is 2. The normalized spacial score (nSPS) is 14.3. The Morgan fingerprint density at radius 1 is 0.938 bits per heavy atom. The van der Waals surface area contributed by atoms with Crippen molar-refractivity contribution in [3.63, 3.8) is 0 Å². The first-order valence-corrected chi connectivity index (χ1v) is 12.4. The maximum absolute atomic E-state index is 11.5. The minimum atomic E-state index is -0.0369. The fourth-order valence-electron chi connectivity index (χ4n) is 3.44. The molecule has 1 aromatic heterocycles. The molecule has 0 fully saturated rings. The molecule has 0 spiro atoms. The van der Waals surface area contributed by atoms with Crippen molar-refractivity contribution >= 4 is 66.4 Å². The van der Waals surface area contributed by atoms with Crippen molar-refractivity contribution in [2.75, 3.05) is 10.6 Å². The molecule has 0 radical (unpaired) electrons. The molecule has 5 rings (SSSR count). The quantitative estimate of drug-likeness (QED) is 0.360. The van der Waals surface area contributed by atoms with Gasteiger partial charge in [0.1, 0.15) is 18.1 Å². The standard InChI is InChI=1S/C13H11BrN2O2S.C9H8BrNO2/c14-9-3-8-1-2-12(17)16-13(8)11(4-9)18-5-10-6-19-7-15-10;10-6-3-5-1-2-8(13)11-9(5)7(12)4-6/h3-4,6-7H,1-2,5H2,(H,16,17);3-4,12H,1-2H2,(H,11,13). The molecule has 10 heteroatoms. The first-order valence-electron chi connectivity index (χ1n) is 9.82. The van der Waals surface area contributed by atoms with E-state index in [4.69, 9.17) is 4.74 Å². The van der Waals surface area contributed by atoms with Gasteiger partial charge in [-0.1, -0.05) is 31.9 Å². The van der Waals surface area contributed by atoms with Gasteiger partial charge in [-0.3, -0.25) is 9.59 Å². The average Bonchev–Trinajstić information content (AvgIpc) is 3.27. The Hall–Kier alpha value is -2.43. The Morgan fingerprint density at radius 2 is 1.56 bits per heavy atom. The number of hydrogen-bond donors (Lipinski definition) is 3. The smallest absolute Gasteiger partial charge is 0.224 e. The number of fused-ring (bicyclic) bond motifs is 2. The lowest BCUT2D eigenvalue weighted by atomic mass is 10.0. The highest BCUT2D eigenvalue weighted by Gasteiger charge is 2.20. The third-order valence-electron chi connectivity index (χ3n) is 4.94. The summed E-state index contributed by atoms with van der Waals surface area (Å²) in [5, 5.41) is 17.0. The Bertz CT molecular complexity index is 1170. The number of benzene rings is 2. The van der Waals surface area contributed by atoms with Gasteiger partial charge < -0.3 is 20.5 Å². The number of phenolic OH excluding ortho intramolecular Hbond substituents is 1. The van der Waals surface area contributed by atoms with Gasteiger partial charge in [0.05, 0.1) is 22.6 Å². The Labute approximate surface area is 205 Å². The molecule has 2 aromatic carbocycles. The van der Waals surface area contributed by atoms with Gasteiger partial charge in [0.2, 0.25) is 11.8 Å². The second kappa shape index (κ2) is 10.0. The Balaban J connectivity index is 0.000000165. The first kappa shape index (κ1) is 22.8. The van der Waals surface area contributed by atoms with E-state index >= 15 is 0 Å². The predicted molar refractivity (Wildman–Crippen MR) is 130 cm³/mol. The van der Waals surface area contributed by atoms with Crippen molar-refractivity contribution in [3.8, 4) is 11.5 Å². The predicted octanol–water partition coefficient (Wildman–Crippen LogP) is 5.41. The molecule has 0 bridgehead atoms. The van der Waals surface area contributed by atoms with E-state index in [2.05, 4.69) is 47.5 Å². The van der Waals surface area contributed by atoms with Crippen LogP contribution in [0.5, 0.6) is 11.5 Å². The summed E-state index contributed by atoms with van der Waals surface area (Å²) >= 11 is 8.29. The molecule has 3 N–H and O–H groups in total. The summed E-state index contributed by atoms with van der Waals surface area (Å²) < 4.78 is 7.56. The third-order valence-corrected chi connectivity index (χ3v) is 6.49. The zero-order valence-corrected chi connectivity index (χ0v) is 20.8. The second-order valence-corrected chi connectivity index (χ2v) is 9.81. The number of phenols is 1. The van der Waals surface area contributed by atoms with E-state index in [9.17, 15) is 14.7 Å². The van der Waals surface area contributed by atoms with E-state index in [1.54, 1.807) is 11.6 Å². The number of aromatic nitrogens is 1. The first-order chi connectivity index (χ1) is 15.4. The highest BCUT2D eigenvalue weighted by Crippen LogP contribution is 2.36. The van der Waals surface area contributed by atoms with E-state index in [1.807, 2.05) is 23.6 Å². The SMILES string of the molecule is O=C1CCc2cc(Br)cc(O)c2N1.O=C1CCc2cc(Br)cc(OCc3cscn3)c2N1. The molecule has 0 saturated heterocycles. The van der Waals surface area contributed by atoms with Crippen LogP contribution in [0.3, 0.4) is 0 Å². The van der Waals surface area contributed by atoms with E-state index < -0.39 is 0 Å².